The van der Waals surface area contributed by atoms with E-state index in [1.165, 1.54) is 18.4 Å². The average Bonchev–Trinajstić information content (AvgIpc) is 2.85. The highest BCUT2D eigenvalue weighted by Crippen LogP contribution is 2.38. The number of rotatable bonds is 5. The molecule has 5 heteroatoms. The van der Waals surface area contributed by atoms with Crippen LogP contribution in [-0.2, 0) is 6.54 Å². The van der Waals surface area contributed by atoms with Gasteiger partial charge in [0.1, 0.15) is 5.69 Å². The van der Waals surface area contributed by atoms with Crippen LogP contribution in [0.3, 0.4) is 0 Å². The number of hydrogen-bond acceptors (Lipinski definition) is 4. The topological polar surface area (TPSA) is 58.4 Å². The standard InChI is InChI=1S/C20H23N3O2/c24-23(25)20-9-5-4-8-19(20)21-16-12-17-10-11-18(13-16)22(17)14-15-6-2-1-3-7-15/h1-9,16-18,21H,10-14H2/t17-,18-/m1/s1. The molecule has 130 valence electrons. The molecule has 0 unspecified atom stereocenters. The summed E-state index contributed by atoms with van der Waals surface area (Å²) in [6, 6.07) is 19.0. The van der Waals surface area contributed by atoms with Gasteiger partial charge in [-0.3, -0.25) is 15.0 Å². The fourth-order valence-electron chi connectivity index (χ4n) is 4.42. The summed E-state index contributed by atoms with van der Waals surface area (Å²) >= 11 is 0. The lowest BCUT2D eigenvalue weighted by Gasteiger charge is -2.39. The van der Waals surface area contributed by atoms with Crippen LogP contribution in [0.4, 0.5) is 11.4 Å². The van der Waals surface area contributed by atoms with E-state index < -0.39 is 0 Å². The first-order chi connectivity index (χ1) is 12.2. The van der Waals surface area contributed by atoms with Crippen molar-refractivity contribution < 1.29 is 4.92 Å². The van der Waals surface area contributed by atoms with Crippen LogP contribution < -0.4 is 5.32 Å². The predicted octanol–water partition coefficient (Wildman–Crippen LogP) is 4.20. The molecule has 0 amide bonds. The first-order valence-electron chi connectivity index (χ1n) is 9.00. The smallest absolute Gasteiger partial charge is 0.292 e. The van der Waals surface area contributed by atoms with Crippen molar-refractivity contribution in [1.82, 2.24) is 4.90 Å². The van der Waals surface area contributed by atoms with Crippen LogP contribution in [0.25, 0.3) is 0 Å². The van der Waals surface area contributed by atoms with Gasteiger partial charge in [0, 0.05) is 30.7 Å². The molecule has 2 atom stereocenters. The van der Waals surface area contributed by atoms with Gasteiger partial charge in [0.05, 0.1) is 4.92 Å². The van der Waals surface area contributed by atoms with E-state index in [1.807, 2.05) is 12.1 Å². The van der Waals surface area contributed by atoms with Gasteiger partial charge in [0.15, 0.2) is 0 Å². The van der Waals surface area contributed by atoms with Crippen LogP contribution >= 0.6 is 0 Å². The molecule has 2 aliphatic rings. The third-order valence-corrected chi connectivity index (χ3v) is 5.55. The molecule has 2 heterocycles. The second-order valence-corrected chi connectivity index (χ2v) is 7.13. The van der Waals surface area contributed by atoms with Crippen molar-refractivity contribution in [2.24, 2.45) is 0 Å². The molecule has 5 nitrogen and oxygen atoms in total. The number of anilines is 1. The Balaban J connectivity index is 1.44. The lowest BCUT2D eigenvalue weighted by Crippen LogP contribution is -2.46. The molecule has 1 N–H and O–H groups in total. The zero-order chi connectivity index (χ0) is 17.2. The van der Waals surface area contributed by atoms with E-state index in [-0.39, 0.29) is 10.6 Å². The summed E-state index contributed by atoms with van der Waals surface area (Å²) in [4.78, 5) is 13.5. The minimum absolute atomic E-state index is 0.168. The highest BCUT2D eigenvalue weighted by molar-refractivity contribution is 5.61. The molecule has 2 fully saturated rings. The van der Waals surface area contributed by atoms with Crippen LogP contribution in [0.2, 0.25) is 0 Å². The second-order valence-electron chi connectivity index (χ2n) is 7.13. The zero-order valence-corrected chi connectivity index (χ0v) is 14.2. The largest absolute Gasteiger partial charge is 0.377 e. The van der Waals surface area contributed by atoms with E-state index in [4.69, 9.17) is 0 Å². The Morgan fingerprint density at radius 2 is 1.64 bits per heavy atom. The number of benzene rings is 2. The Labute approximate surface area is 147 Å². The minimum atomic E-state index is -0.304. The maximum Gasteiger partial charge on any atom is 0.292 e. The SMILES string of the molecule is O=[N+]([O-])c1ccccc1NC1C[C@H]2CC[C@H](C1)N2Cc1ccccc1. The monoisotopic (exact) mass is 337 g/mol. The number of nitrogens with one attached hydrogen (secondary N) is 1. The summed E-state index contributed by atoms with van der Waals surface area (Å²) < 4.78 is 0. The summed E-state index contributed by atoms with van der Waals surface area (Å²) in [6.07, 6.45) is 4.56. The van der Waals surface area contributed by atoms with Crippen LogP contribution in [0.1, 0.15) is 31.2 Å². The highest BCUT2D eigenvalue weighted by Gasteiger charge is 2.40. The van der Waals surface area contributed by atoms with Crippen molar-refractivity contribution in [3.63, 3.8) is 0 Å². The first-order valence-corrected chi connectivity index (χ1v) is 9.00. The van der Waals surface area contributed by atoms with Gasteiger partial charge in [-0.05, 0) is 37.3 Å². The van der Waals surface area contributed by atoms with Crippen LogP contribution in [-0.4, -0.2) is 27.9 Å². The maximum absolute atomic E-state index is 11.2. The summed E-state index contributed by atoms with van der Waals surface area (Å²) in [6.45, 7) is 1.01. The van der Waals surface area contributed by atoms with Crippen molar-refractivity contribution >= 4 is 11.4 Å². The third-order valence-electron chi connectivity index (χ3n) is 5.55. The molecule has 0 aliphatic carbocycles. The van der Waals surface area contributed by atoms with Crippen molar-refractivity contribution in [3.8, 4) is 0 Å². The van der Waals surface area contributed by atoms with Gasteiger partial charge in [0.25, 0.3) is 5.69 Å². The van der Waals surface area contributed by atoms with Gasteiger partial charge < -0.3 is 5.32 Å². The van der Waals surface area contributed by atoms with Crippen molar-refractivity contribution in [1.29, 1.82) is 0 Å². The molecule has 0 aromatic heterocycles. The quantitative estimate of drug-likeness (QED) is 0.656. The van der Waals surface area contributed by atoms with E-state index in [0.717, 1.165) is 19.4 Å². The van der Waals surface area contributed by atoms with E-state index in [1.54, 1.807) is 12.1 Å². The van der Waals surface area contributed by atoms with Crippen LogP contribution in [0, 0.1) is 10.1 Å². The Kier molecular flexibility index (Phi) is 4.40. The van der Waals surface area contributed by atoms with Gasteiger partial charge in [-0.1, -0.05) is 42.5 Å². The molecule has 25 heavy (non-hydrogen) atoms. The van der Waals surface area contributed by atoms with Crippen LogP contribution in [0.5, 0.6) is 0 Å². The van der Waals surface area contributed by atoms with Gasteiger partial charge in [-0.15, -0.1) is 0 Å². The van der Waals surface area contributed by atoms with E-state index in [0.29, 0.717) is 23.8 Å². The van der Waals surface area contributed by atoms with E-state index >= 15 is 0 Å². The minimum Gasteiger partial charge on any atom is -0.377 e. The molecule has 2 aromatic rings. The Morgan fingerprint density at radius 1 is 1.00 bits per heavy atom. The lowest BCUT2D eigenvalue weighted by molar-refractivity contribution is -0.384. The van der Waals surface area contributed by atoms with Crippen molar-refractivity contribution in [2.75, 3.05) is 5.32 Å². The molecule has 2 aromatic carbocycles. The predicted molar refractivity (Wildman–Crippen MR) is 98.5 cm³/mol. The molecule has 0 spiro atoms. The number of fused-ring (bicyclic) bond motifs is 2. The molecular formula is C20H23N3O2. The van der Waals surface area contributed by atoms with Crippen molar-refractivity contribution in [2.45, 2.75) is 50.4 Å². The fourth-order valence-corrected chi connectivity index (χ4v) is 4.42. The fraction of sp³-hybridized carbons (Fsp3) is 0.400. The number of nitrogens with zero attached hydrogens (tertiary/aromatic N) is 2. The number of hydrogen-bond donors (Lipinski definition) is 1. The summed E-state index contributed by atoms with van der Waals surface area (Å²) in [5.74, 6) is 0. The van der Waals surface area contributed by atoms with Gasteiger partial charge >= 0.3 is 0 Å². The number of nitro groups is 1. The van der Waals surface area contributed by atoms with E-state index in [2.05, 4.69) is 40.5 Å². The highest BCUT2D eigenvalue weighted by atomic mass is 16.6. The molecule has 2 saturated heterocycles. The van der Waals surface area contributed by atoms with Gasteiger partial charge in [-0.25, -0.2) is 0 Å². The lowest BCUT2D eigenvalue weighted by atomic mass is 9.96. The Morgan fingerprint density at radius 3 is 2.32 bits per heavy atom. The molecule has 2 aliphatic heterocycles. The normalized spacial score (nSPS) is 25.7. The van der Waals surface area contributed by atoms with Gasteiger partial charge in [0.2, 0.25) is 0 Å². The summed E-state index contributed by atoms with van der Waals surface area (Å²) in [5.41, 5.74) is 2.18. The summed E-state index contributed by atoms with van der Waals surface area (Å²) in [5, 5.41) is 14.7. The van der Waals surface area contributed by atoms with Gasteiger partial charge in [-0.2, -0.15) is 0 Å². The third kappa shape index (κ3) is 3.37. The number of para-hydroxylation sites is 2. The molecule has 2 bridgehead atoms. The summed E-state index contributed by atoms with van der Waals surface area (Å²) in [7, 11) is 0. The number of nitro benzene ring substituents is 1. The Hall–Kier alpha value is -2.40. The maximum atomic E-state index is 11.2. The van der Waals surface area contributed by atoms with Crippen molar-refractivity contribution in [3.05, 3.63) is 70.3 Å². The molecule has 4 rings (SSSR count). The zero-order valence-electron chi connectivity index (χ0n) is 14.2. The molecule has 0 radical (unpaired) electrons. The molecular weight excluding hydrogens is 314 g/mol. The first kappa shape index (κ1) is 16.1. The average molecular weight is 337 g/mol. The van der Waals surface area contributed by atoms with Crippen LogP contribution in [0.15, 0.2) is 54.6 Å². The Bertz CT molecular complexity index is 736. The van der Waals surface area contributed by atoms with E-state index in [9.17, 15) is 10.1 Å². The number of piperidine rings is 1. The molecule has 0 saturated carbocycles. The second kappa shape index (κ2) is 6.84.